The zero-order valence-corrected chi connectivity index (χ0v) is 17.8. The predicted octanol–water partition coefficient (Wildman–Crippen LogP) is 5.91. The number of hydrogen-bond donors (Lipinski definition) is 1. The molecule has 5 heteroatoms. The van der Waals surface area contributed by atoms with Crippen molar-refractivity contribution in [1.82, 2.24) is 10.2 Å². The molecule has 2 aliphatic rings. The summed E-state index contributed by atoms with van der Waals surface area (Å²) in [6.07, 6.45) is 9.05. The van der Waals surface area contributed by atoms with Gasteiger partial charge in [0.2, 0.25) is 0 Å². The zero-order chi connectivity index (χ0) is 20.1. The number of nitrogens with zero attached hydrogens (tertiary/aromatic N) is 1. The van der Waals surface area contributed by atoms with Gasteiger partial charge in [-0.15, -0.1) is 0 Å². The summed E-state index contributed by atoms with van der Waals surface area (Å²) in [6, 6.07) is 13.1. The molecule has 1 atom stereocenters. The van der Waals surface area contributed by atoms with E-state index >= 15 is 0 Å². The molecule has 2 aromatic rings. The second-order valence-corrected chi connectivity index (χ2v) is 8.92. The van der Waals surface area contributed by atoms with Crippen molar-refractivity contribution in [1.29, 1.82) is 0 Å². The molecule has 4 nitrogen and oxygen atoms in total. The molecule has 1 aliphatic carbocycles. The van der Waals surface area contributed by atoms with Crippen molar-refractivity contribution >= 4 is 28.5 Å². The average Bonchev–Trinajstić information content (AvgIpc) is 2.74. The Bertz CT molecular complexity index is 835. The lowest BCUT2D eigenvalue weighted by Gasteiger charge is -2.35. The van der Waals surface area contributed by atoms with E-state index in [2.05, 4.69) is 40.5 Å². The van der Waals surface area contributed by atoms with Gasteiger partial charge in [0.15, 0.2) is 0 Å². The number of halogens is 1. The highest BCUT2D eigenvalue weighted by Gasteiger charge is 2.25. The van der Waals surface area contributed by atoms with Crippen molar-refractivity contribution in [3.05, 3.63) is 47.0 Å². The van der Waals surface area contributed by atoms with E-state index in [1.165, 1.54) is 48.4 Å². The molecular formula is C24H31ClN2O2. The SMILES string of the molecule is O=C(NC1CCCCC1)OCC1CCCCN1Cc1cccc2ccc(Cl)cc12. The van der Waals surface area contributed by atoms with Gasteiger partial charge in [-0.2, -0.15) is 0 Å². The van der Waals surface area contributed by atoms with Crippen molar-refractivity contribution < 1.29 is 9.53 Å². The van der Waals surface area contributed by atoms with Crippen LogP contribution in [0.4, 0.5) is 4.79 Å². The van der Waals surface area contributed by atoms with Crippen LogP contribution in [0.3, 0.4) is 0 Å². The number of alkyl carbamates (subject to hydrolysis) is 1. The van der Waals surface area contributed by atoms with E-state index in [1.807, 2.05) is 6.07 Å². The summed E-state index contributed by atoms with van der Waals surface area (Å²) in [6.45, 7) is 2.36. The fourth-order valence-electron chi connectivity index (χ4n) is 4.75. The van der Waals surface area contributed by atoms with Gasteiger partial charge in [-0.25, -0.2) is 4.79 Å². The van der Waals surface area contributed by atoms with Gasteiger partial charge < -0.3 is 10.1 Å². The number of hydrogen-bond acceptors (Lipinski definition) is 3. The van der Waals surface area contributed by atoms with Gasteiger partial charge >= 0.3 is 6.09 Å². The number of ether oxygens (including phenoxy) is 1. The van der Waals surface area contributed by atoms with Gasteiger partial charge in [0.1, 0.15) is 6.61 Å². The fraction of sp³-hybridized carbons (Fsp3) is 0.542. The summed E-state index contributed by atoms with van der Waals surface area (Å²) in [4.78, 5) is 14.7. The summed E-state index contributed by atoms with van der Waals surface area (Å²) in [5, 5.41) is 6.25. The van der Waals surface area contributed by atoms with Crippen LogP contribution < -0.4 is 5.32 Å². The number of fused-ring (bicyclic) bond motifs is 1. The van der Waals surface area contributed by atoms with Gasteiger partial charge in [-0.3, -0.25) is 4.90 Å². The Morgan fingerprint density at radius 2 is 1.90 bits per heavy atom. The second kappa shape index (κ2) is 9.82. The van der Waals surface area contributed by atoms with Crippen molar-refractivity contribution in [2.75, 3.05) is 13.2 Å². The van der Waals surface area contributed by atoms with Crippen molar-refractivity contribution in [3.8, 4) is 0 Å². The quantitative estimate of drug-likeness (QED) is 0.661. The fourth-order valence-corrected chi connectivity index (χ4v) is 4.92. The van der Waals surface area contributed by atoms with Crippen LogP contribution in [-0.4, -0.2) is 36.2 Å². The highest BCUT2D eigenvalue weighted by molar-refractivity contribution is 6.31. The first-order valence-electron chi connectivity index (χ1n) is 11.0. The standard InChI is InChI=1S/C24H31ClN2O2/c25-20-13-12-18-7-6-8-19(23(18)15-20)16-27-14-5-4-11-22(27)17-29-24(28)26-21-9-2-1-3-10-21/h6-8,12-13,15,21-22H,1-5,9-11,14,16-17H2,(H,26,28). The van der Waals surface area contributed by atoms with Crippen LogP contribution in [-0.2, 0) is 11.3 Å². The summed E-state index contributed by atoms with van der Waals surface area (Å²) >= 11 is 6.25. The molecule has 1 N–H and O–H groups in total. The molecule has 1 saturated carbocycles. The highest BCUT2D eigenvalue weighted by atomic mass is 35.5. The largest absolute Gasteiger partial charge is 0.448 e. The smallest absolute Gasteiger partial charge is 0.407 e. The maximum absolute atomic E-state index is 12.3. The molecule has 2 fully saturated rings. The monoisotopic (exact) mass is 414 g/mol. The molecule has 29 heavy (non-hydrogen) atoms. The van der Waals surface area contributed by atoms with Crippen LogP contribution in [0.15, 0.2) is 36.4 Å². The van der Waals surface area contributed by atoms with Gasteiger partial charge in [-0.05, 0) is 60.7 Å². The van der Waals surface area contributed by atoms with E-state index < -0.39 is 0 Å². The van der Waals surface area contributed by atoms with Crippen molar-refractivity contribution in [2.24, 2.45) is 0 Å². The van der Waals surface area contributed by atoms with Crippen LogP contribution >= 0.6 is 11.6 Å². The van der Waals surface area contributed by atoms with Gasteiger partial charge in [0.05, 0.1) is 0 Å². The molecule has 2 aromatic carbocycles. The first kappa shape index (κ1) is 20.5. The molecule has 0 spiro atoms. The van der Waals surface area contributed by atoms with Crippen LogP contribution in [0, 0.1) is 0 Å². The molecule has 0 radical (unpaired) electrons. The number of nitrogens with one attached hydrogen (secondary N) is 1. The number of amides is 1. The Balaban J connectivity index is 1.38. The number of piperidine rings is 1. The lowest BCUT2D eigenvalue weighted by molar-refractivity contribution is 0.0622. The minimum absolute atomic E-state index is 0.251. The Labute approximate surface area is 178 Å². The number of carbonyl (C=O) groups excluding carboxylic acids is 1. The Morgan fingerprint density at radius 3 is 2.76 bits per heavy atom. The molecule has 1 saturated heterocycles. The van der Waals surface area contributed by atoms with Crippen LogP contribution in [0.2, 0.25) is 5.02 Å². The predicted molar refractivity (Wildman–Crippen MR) is 118 cm³/mol. The third-order valence-electron chi connectivity index (χ3n) is 6.39. The maximum Gasteiger partial charge on any atom is 0.407 e. The molecule has 4 rings (SSSR count). The number of carbonyl (C=O) groups is 1. The van der Waals surface area contributed by atoms with E-state index in [-0.39, 0.29) is 12.1 Å². The van der Waals surface area contributed by atoms with Crippen molar-refractivity contribution in [3.63, 3.8) is 0 Å². The van der Waals surface area contributed by atoms with Crippen LogP contribution in [0.1, 0.15) is 56.9 Å². The van der Waals surface area contributed by atoms with E-state index in [0.717, 1.165) is 37.4 Å². The third kappa shape index (κ3) is 5.43. The lowest BCUT2D eigenvalue weighted by Crippen LogP contribution is -2.44. The summed E-state index contributed by atoms with van der Waals surface area (Å²) < 4.78 is 5.65. The molecule has 1 unspecified atom stereocenters. The number of rotatable bonds is 5. The van der Waals surface area contributed by atoms with Gasteiger partial charge in [-0.1, -0.05) is 61.5 Å². The first-order valence-corrected chi connectivity index (χ1v) is 11.4. The third-order valence-corrected chi connectivity index (χ3v) is 6.63. The van der Waals surface area contributed by atoms with Crippen LogP contribution in [0.5, 0.6) is 0 Å². The molecule has 0 aromatic heterocycles. The molecule has 1 heterocycles. The Hall–Kier alpha value is -1.78. The lowest BCUT2D eigenvalue weighted by atomic mass is 9.96. The van der Waals surface area contributed by atoms with Gasteiger partial charge in [0.25, 0.3) is 0 Å². The Morgan fingerprint density at radius 1 is 1.07 bits per heavy atom. The number of likely N-dealkylation sites (tertiary alicyclic amines) is 1. The van der Waals surface area contributed by atoms with E-state index in [4.69, 9.17) is 16.3 Å². The summed E-state index contributed by atoms with van der Waals surface area (Å²) in [5.41, 5.74) is 1.28. The highest BCUT2D eigenvalue weighted by Crippen LogP contribution is 2.27. The topological polar surface area (TPSA) is 41.6 Å². The molecule has 1 amide bonds. The minimum atomic E-state index is -0.251. The normalized spacial score (nSPS) is 21.2. The maximum atomic E-state index is 12.3. The molecule has 156 valence electrons. The second-order valence-electron chi connectivity index (χ2n) is 8.48. The van der Waals surface area contributed by atoms with Gasteiger partial charge in [0, 0.05) is 23.7 Å². The van der Waals surface area contributed by atoms with E-state index in [1.54, 1.807) is 0 Å². The zero-order valence-electron chi connectivity index (χ0n) is 17.0. The molecule has 1 aliphatic heterocycles. The first-order chi connectivity index (χ1) is 14.2. The summed E-state index contributed by atoms with van der Waals surface area (Å²) in [7, 11) is 0. The van der Waals surface area contributed by atoms with Crippen LogP contribution in [0.25, 0.3) is 10.8 Å². The number of benzene rings is 2. The average molecular weight is 415 g/mol. The van der Waals surface area contributed by atoms with Crippen molar-refractivity contribution in [2.45, 2.75) is 70.0 Å². The summed E-state index contributed by atoms with van der Waals surface area (Å²) in [5.74, 6) is 0. The minimum Gasteiger partial charge on any atom is -0.448 e. The Kier molecular flexibility index (Phi) is 6.94. The molecular weight excluding hydrogens is 384 g/mol. The molecule has 0 bridgehead atoms. The van der Waals surface area contributed by atoms with E-state index in [9.17, 15) is 4.79 Å². The van der Waals surface area contributed by atoms with E-state index in [0.29, 0.717) is 12.6 Å².